The molecule has 0 aliphatic heterocycles. The normalized spacial score (nSPS) is 11.2. The number of hydrogen-bond acceptors (Lipinski definition) is 2. The number of benzene rings is 1. The molecular formula is C13H16F5NO. The number of rotatable bonds is 7. The van der Waals surface area contributed by atoms with E-state index in [4.69, 9.17) is 0 Å². The highest BCUT2D eigenvalue weighted by atomic mass is 19.2. The fraction of sp³-hybridized carbons (Fsp3) is 0.538. The minimum Gasteiger partial charge on any atom is -0.486 e. The molecule has 0 fully saturated rings. The third-order valence-electron chi connectivity index (χ3n) is 2.59. The maximum Gasteiger partial charge on any atom is 0.206 e. The van der Waals surface area contributed by atoms with E-state index < -0.39 is 34.8 Å². The Kier molecular flexibility index (Phi) is 6.19. The molecule has 1 rings (SSSR count). The Morgan fingerprint density at radius 2 is 1.35 bits per heavy atom. The molecule has 0 unspecified atom stereocenters. The van der Waals surface area contributed by atoms with Gasteiger partial charge >= 0.3 is 0 Å². The van der Waals surface area contributed by atoms with Crippen molar-refractivity contribution in [2.75, 3.05) is 19.7 Å². The second-order valence-corrected chi connectivity index (χ2v) is 4.68. The third kappa shape index (κ3) is 4.06. The lowest BCUT2D eigenvalue weighted by atomic mass is 10.1. The predicted octanol–water partition coefficient (Wildman–Crippen LogP) is 3.40. The molecule has 20 heavy (non-hydrogen) atoms. The van der Waals surface area contributed by atoms with Crippen molar-refractivity contribution >= 4 is 0 Å². The average molecular weight is 297 g/mol. The van der Waals surface area contributed by atoms with E-state index in [-0.39, 0.29) is 13.2 Å². The third-order valence-corrected chi connectivity index (χ3v) is 2.59. The van der Waals surface area contributed by atoms with Crippen LogP contribution in [0.1, 0.15) is 20.3 Å². The SMILES string of the molecule is CC(C)CCNCCOc1c(F)c(F)c(F)c(F)c1F. The molecule has 0 atom stereocenters. The Morgan fingerprint density at radius 1 is 0.850 bits per heavy atom. The van der Waals surface area contributed by atoms with Crippen molar-refractivity contribution in [1.29, 1.82) is 0 Å². The highest BCUT2D eigenvalue weighted by molar-refractivity contribution is 5.29. The van der Waals surface area contributed by atoms with Crippen molar-refractivity contribution in [2.24, 2.45) is 5.92 Å². The van der Waals surface area contributed by atoms with Crippen LogP contribution in [-0.2, 0) is 0 Å². The molecule has 7 heteroatoms. The molecule has 1 aromatic rings. The topological polar surface area (TPSA) is 21.3 Å². The van der Waals surface area contributed by atoms with Gasteiger partial charge in [-0.2, -0.15) is 8.78 Å². The second kappa shape index (κ2) is 7.42. The molecular weight excluding hydrogens is 281 g/mol. The summed E-state index contributed by atoms with van der Waals surface area (Å²) in [5.74, 6) is -10.9. The maximum atomic E-state index is 13.2. The molecule has 0 spiro atoms. The smallest absolute Gasteiger partial charge is 0.206 e. The van der Waals surface area contributed by atoms with Gasteiger partial charge in [0.1, 0.15) is 6.61 Å². The van der Waals surface area contributed by atoms with Gasteiger partial charge in [-0.05, 0) is 18.9 Å². The quantitative estimate of drug-likeness (QED) is 0.360. The van der Waals surface area contributed by atoms with Crippen LogP contribution in [0.5, 0.6) is 5.75 Å². The van der Waals surface area contributed by atoms with E-state index in [1.54, 1.807) is 0 Å². The van der Waals surface area contributed by atoms with Crippen LogP contribution in [-0.4, -0.2) is 19.7 Å². The summed E-state index contributed by atoms with van der Waals surface area (Å²) >= 11 is 0. The number of halogens is 5. The Labute approximate surface area is 113 Å². The molecule has 0 amide bonds. The van der Waals surface area contributed by atoms with Crippen molar-refractivity contribution in [1.82, 2.24) is 5.32 Å². The van der Waals surface area contributed by atoms with E-state index in [1.807, 2.05) is 13.8 Å². The zero-order valence-electron chi connectivity index (χ0n) is 11.2. The first-order chi connectivity index (χ1) is 9.36. The Bertz CT molecular complexity index is 436. The first-order valence-corrected chi connectivity index (χ1v) is 6.21. The van der Waals surface area contributed by atoms with E-state index in [0.717, 1.165) is 6.42 Å². The van der Waals surface area contributed by atoms with Crippen molar-refractivity contribution in [3.05, 3.63) is 29.1 Å². The van der Waals surface area contributed by atoms with E-state index in [9.17, 15) is 22.0 Å². The number of hydrogen-bond donors (Lipinski definition) is 1. The van der Waals surface area contributed by atoms with Crippen LogP contribution in [0.3, 0.4) is 0 Å². The highest BCUT2D eigenvalue weighted by Crippen LogP contribution is 2.28. The fourth-order valence-electron chi connectivity index (χ4n) is 1.45. The lowest BCUT2D eigenvalue weighted by Crippen LogP contribution is -2.23. The highest BCUT2D eigenvalue weighted by Gasteiger charge is 2.26. The van der Waals surface area contributed by atoms with Crippen molar-refractivity contribution in [2.45, 2.75) is 20.3 Å². The molecule has 1 aromatic carbocycles. The number of nitrogens with one attached hydrogen (secondary N) is 1. The van der Waals surface area contributed by atoms with Gasteiger partial charge in [0.25, 0.3) is 0 Å². The van der Waals surface area contributed by atoms with Gasteiger partial charge < -0.3 is 10.1 Å². The van der Waals surface area contributed by atoms with Gasteiger partial charge in [0.05, 0.1) is 0 Å². The lowest BCUT2D eigenvalue weighted by Gasteiger charge is -2.11. The van der Waals surface area contributed by atoms with Crippen LogP contribution in [0, 0.1) is 35.0 Å². The van der Waals surface area contributed by atoms with Gasteiger partial charge in [-0.3, -0.25) is 0 Å². The molecule has 0 aliphatic rings. The van der Waals surface area contributed by atoms with Gasteiger partial charge in [0.15, 0.2) is 5.75 Å². The minimum absolute atomic E-state index is 0.198. The molecule has 2 nitrogen and oxygen atoms in total. The van der Waals surface area contributed by atoms with Gasteiger partial charge in [0.2, 0.25) is 29.1 Å². The second-order valence-electron chi connectivity index (χ2n) is 4.68. The van der Waals surface area contributed by atoms with Crippen LogP contribution in [0.2, 0.25) is 0 Å². The molecule has 114 valence electrons. The van der Waals surface area contributed by atoms with E-state index in [2.05, 4.69) is 10.1 Å². The van der Waals surface area contributed by atoms with Crippen molar-refractivity contribution in [3.8, 4) is 5.75 Å². The van der Waals surface area contributed by atoms with Crippen LogP contribution in [0.4, 0.5) is 22.0 Å². The molecule has 0 aromatic heterocycles. The summed E-state index contributed by atoms with van der Waals surface area (Å²) < 4.78 is 69.6. The number of ether oxygens (including phenoxy) is 1. The van der Waals surface area contributed by atoms with E-state index in [1.165, 1.54) is 0 Å². The summed E-state index contributed by atoms with van der Waals surface area (Å²) in [6.07, 6.45) is 0.905. The maximum absolute atomic E-state index is 13.2. The fourth-order valence-corrected chi connectivity index (χ4v) is 1.45. The minimum atomic E-state index is -2.19. The Hall–Kier alpha value is -1.37. The van der Waals surface area contributed by atoms with E-state index >= 15 is 0 Å². The van der Waals surface area contributed by atoms with Gasteiger partial charge in [-0.1, -0.05) is 13.8 Å². The zero-order chi connectivity index (χ0) is 15.3. The van der Waals surface area contributed by atoms with Crippen LogP contribution in [0.15, 0.2) is 0 Å². The van der Waals surface area contributed by atoms with Crippen LogP contribution >= 0.6 is 0 Å². The average Bonchev–Trinajstić information content (AvgIpc) is 2.41. The molecule has 0 saturated carbocycles. The molecule has 0 bridgehead atoms. The zero-order valence-corrected chi connectivity index (χ0v) is 11.2. The summed E-state index contributed by atoms with van der Waals surface area (Å²) in [5, 5.41) is 2.94. The van der Waals surface area contributed by atoms with Crippen molar-refractivity contribution in [3.63, 3.8) is 0 Å². The summed E-state index contributed by atoms with van der Waals surface area (Å²) in [5.41, 5.74) is 0. The molecule has 0 radical (unpaired) electrons. The largest absolute Gasteiger partial charge is 0.486 e. The monoisotopic (exact) mass is 297 g/mol. The molecule has 0 saturated heterocycles. The summed E-state index contributed by atoms with van der Waals surface area (Å²) in [6, 6.07) is 0. The lowest BCUT2D eigenvalue weighted by molar-refractivity contribution is 0.261. The predicted molar refractivity (Wildman–Crippen MR) is 64.1 cm³/mol. The summed E-state index contributed by atoms with van der Waals surface area (Å²) in [4.78, 5) is 0. The van der Waals surface area contributed by atoms with Gasteiger partial charge in [-0.25, -0.2) is 13.2 Å². The molecule has 0 heterocycles. The van der Waals surface area contributed by atoms with Crippen molar-refractivity contribution < 1.29 is 26.7 Å². The Morgan fingerprint density at radius 3 is 1.85 bits per heavy atom. The van der Waals surface area contributed by atoms with Gasteiger partial charge in [-0.15, -0.1) is 0 Å². The summed E-state index contributed by atoms with van der Waals surface area (Å²) in [6.45, 7) is 4.79. The van der Waals surface area contributed by atoms with Crippen LogP contribution < -0.4 is 10.1 Å². The van der Waals surface area contributed by atoms with E-state index in [0.29, 0.717) is 12.5 Å². The molecule has 1 N–H and O–H groups in total. The van der Waals surface area contributed by atoms with Gasteiger partial charge in [0, 0.05) is 6.54 Å². The first kappa shape index (κ1) is 16.7. The molecule has 0 aliphatic carbocycles. The first-order valence-electron chi connectivity index (χ1n) is 6.21. The summed E-state index contributed by atoms with van der Waals surface area (Å²) in [7, 11) is 0. The Balaban J connectivity index is 2.57. The standard InChI is InChI=1S/C13H16F5NO/c1-7(2)3-4-19-5-6-20-13-11(17)9(15)8(14)10(16)12(13)18/h7,19H,3-6H2,1-2H3. The van der Waals surface area contributed by atoms with Crippen LogP contribution in [0.25, 0.3) is 0 Å².